The van der Waals surface area contributed by atoms with Crippen molar-refractivity contribution in [1.29, 1.82) is 0 Å². The highest BCUT2D eigenvalue weighted by Crippen LogP contribution is 2.25. The second-order valence-corrected chi connectivity index (χ2v) is 7.21. The predicted molar refractivity (Wildman–Crippen MR) is 114 cm³/mol. The summed E-state index contributed by atoms with van der Waals surface area (Å²) in [5.74, 6) is -0.316. The predicted octanol–water partition coefficient (Wildman–Crippen LogP) is 3.82. The molecular formula is C22H23N3O2S. The minimum atomic E-state index is -0.162. The van der Waals surface area contributed by atoms with Gasteiger partial charge in [0.05, 0.1) is 12.6 Å². The molecule has 3 N–H and O–H groups in total. The van der Waals surface area contributed by atoms with Crippen LogP contribution in [0.1, 0.15) is 33.8 Å². The number of benzene rings is 2. The van der Waals surface area contributed by atoms with Crippen molar-refractivity contribution in [2.45, 2.75) is 13.0 Å². The Bertz CT molecular complexity index is 911. The lowest BCUT2D eigenvalue weighted by atomic mass is 10.1. The SMILES string of the molecule is CCNC(=O)c1cccc(NC(=O)CN[C@H](c2ccccc2)c2cccs2)c1. The fourth-order valence-corrected chi connectivity index (χ4v) is 3.71. The molecule has 6 heteroatoms. The zero-order valence-electron chi connectivity index (χ0n) is 15.6. The van der Waals surface area contributed by atoms with Crippen LogP contribution >= 0.6 is 11.3 Å². The van der Waals surface area contributed by atoms with Crippen LogP contribution in [0, 0.1) is 0 Å². The molecule has 2 amide bonds. The number of hydrogen-bond acceptors (Lipinski definition) is 4. The summed E-state index contributed by atoms with van der Waals surface area (Å²) in [5, 5.41) is 11.0. The van der Waals surface area contributed by atoms with E-state index in [9.17, 15) is 9.59 Å². The lowest BCUT2D eigenvalue weighted by Crippen LogP contribution is -2.31. The normalized spacial score (nSPS) is 11.6. The second kappa shape index (κ2) is 9.82. The van der Waals surface area contributed by atoms with Gasteiger partial charge in [-0.25, -0.2) is 0 Å². The van der Waals surface area contributed by atoms with Gasteiger partial charge in [0.15, 0.2) is 0 Å². The van der Waals surface area contributed by atoms with Crippen LogP contribution in [0.4, 0.5) is 5.69 Å². The van der Waals surface area contributed by atoms with E-state index < -0.39 is 0 Å². The minimum Gasteiger partial charge on any atom is -0.352 e. The summed E-state index contributed by atoms with van der Waals surface area (Å²) in [6, 6.07) is 21.0. The highest BCUT2D eigenvalue weighted by molar-refractivity contribution is 7.10. The Morgan fingerprint density at radius 1 is 1.00 bits per heavy atom. The average Bonchev–Trinajstić information content (AvgIpc) is 3.24. The fraction of sp³-hybridized carbons (Fsp3) is 0.182. The first-order chi connectivity index (χ1) is 13.7. The maximum Gasteiger partial charge on any atom is 0.251 e. The van der Waals surface area contributed by atoms with Gasteiger partial charge in [0.2, 0.25) is 5.91 Å². The van der Waals surface area contributed by atoms with Gasteiger partial charge in [0.1, 0.15) is 0 Å². The highest BCUT2D eigenvalue weighted by atomic mass is 32.1. The maximum atomic E-state index is 12.5. The molecule has 1 heterocycles. The topological polar surface area (TPSA) is 70.2 Å². The third-order valence-electron chi connectivity index (χ3n) is 4.17. The molecule has 144 valence electrons. The number of anilines is 1. The lowest BCUT2D eigenvalue weighted by molar-refractivity contribution is -0.115. The molecule has 1 aromatic heterocycles. The summed E-state index contributed by atoms with van der Waals surface area (Å²) >= 11 is 1.65. The van der Waals surface area contributed by atoms with Gasteiger partial charge in [-0.1, -0.05) is 42.5 Å². The molecule has 0 radical (unpaired) electrons. The molecule has 0 aliphatic carbocycles. The lowest BCUT2D eigenvalue weighted by Gasteiger charge is -2.18. The molecule has 0 unspecified atom stereocenters. The molecule has 3 aromatic rings. The van der Waals surface area contributed by atoms with E-state index in [2.05, 4.69) is 22.0 Å². The van der Waals surface area contributed by atoms with Crippen LogP contribution in [0.2, 0.25) is 0 Å². The Balaban J connectivity index is 1.64. The molecule has 1 atom stereocenters. The van der Waals surface area contributed by atoms with Crippen LogP contribution in [0.5, 0.6) is 0 Å². The standard InChI is InChI=1S/C22H23N3O2S/c1-2-23-22(27)17-10-6-11-18(14-17)25-20(26)15-24-21(19-12-7-13-28-19)16-8-4-3-5-9-16/h3-14,21,24H,2,15H2,1H3,(H,23,27)(H,25,26)/t21-/m1/s1. The van der Waals surface area contributed by atoms with Gasteiger partial charge in [0.25, 0.3) is 5.91 Å². The summed E-state index contributed by atoms with van der Waals surface area (Å²) in [6.07, 6.45) is 0. The third kappa shape index (κ3) is 5.28. The van der Waals surface area contributed by atoms with Gasteiger partial charge in [0, 0.05) is 22.7 Å². The summed E-state index contributed by atoms with van der Waals surface area (Å²) < 4.78 is 0. The number of amides is 2. The van der Waals surface area contributed by atoms with E-state index >= 15 is 0 Å². The number of thiophene rings is 1. The second-order valence-electron chi connectivity index (χ2n) is 6.23. The van der Waals surface area contributed by atoms with Crippen LogP contribution in [0.15, 0.2) is 72.1 Å². The number of rotatable bonds is 8. The molecule has 0 saturated carbocycles. The third-order valence-corrected chi connectivity index (χ3v) is 5.11. The van der Waals surface area contributed by atoms with E-state index in [4.69, 9.17) is 0 Å². The van der Waals surface area contributed by atoms with Gasteiger partial charge in [-0.05, 0) is 42.1 Å². The molecule has 0 aliphatic heterocycles. The van der Waals surface area contributed by atoms with E-state index in [1.165, 1.54) is 0 Å². The van der Waals surface area contributed by atoms with Gasteiger partial charge >= 0.3 is 0 Å². The van der Waals surface area contributed by atoms with E-state index in [1.54, 1.807) is 35.6 Å². The Labute approximate surface area is 168 Å². The number of carbonyl (C=O) groups is 2. The molecule has 0 aliphatic rings. The van der Waals surface area contributed by atoms with E-state index in [0.29, 0.717) is 17.8 Å². The Morgan fingerprint density at radius 3 is 2.54 bits per heavy atom. The number of nitrogens with one attached hydrogen (secondary N) is 3. The molecule has 5 nitrogen and oxygen atoms in total. The average molecular weight is 394 g/mol. The van der Waals surface area contributed by atoms with E-state index in [1.807, 2.05) is 48.7 Å². The summed E-state index contributed by atoms with van der Waals surface area (Å²) in [4.78, 5) is 25.6. The van der Waals surface area contributed by atoms with Crippen LogP contribution in [-0.4, -0.2) is 24.9 Å². The van der Waals surface area contributed by atoms with Crippen molar-refractivity contribution in [1.82, 2.24) is 10.6 Å². The largest absolute Gasteiger partial charge is 0.352 e. The maximum absolute atomic E-state index is 12.5. The molecule has 0 saturated heterocycles. The Kier molecular flexibility index (Phi) is 6.94. The van der Waals surface area contributed by atoms with E-state index in [0.717, 1.165) is 10.4 Å². The smallest absolute Gasteiger partial charge is 0.251 e. The first kappa shape index (κ1) is 19.8. The molecule has 0 fully saturated rings. The van der Waals surface area contributed by atoms with Crippen molar-refractivity contribution < 1.29 is 9.59 Å². The molecule has 3 rings (SSSR count). The Hall–Kier alpha value is -2.96. The zero-order chi connectivity index (χ0) is 19.8. The molecule has 0 bridgehead atoms. The Morgan fingerprint density at radius 2 is 1.82 bits per heavy atom. The number of hydrogen-bond donors (Lipinski definition) is 3. The van der Waals surface area contributed by atoms with Gasteiger partial charge < -0.3 is 10.6 Å². The fourth-order valence-electron chi connectivity index (χ4n) is 2.88. The summed E-state index contributed by atoms with van der Waals surface area (Å²) in [7, 11) is 0. The quantitative estimate of drug-likeness (QED) is 0.545. The van der Waals surface area contributed by atoms with Crippen molar-refractivity contribution in [3.8, 4) is 0 Å². The number of carbonyl (C=O) groups excluding carboxylic acids is 2. The van der Waals surface area contributed by atoms with Crippen molar-refractivity contribution in [2.75, 3.05) is 18.4 Å². The van der Waals surface area contributed by atoms with Crippen LogP contribution in [-0.2, 0) is 4.79 Å². The first-order valence-corrected chi connectivity index (χ1v) is 10.0. The highest BCUT2D eigenvalue weighted by Gasteiger charge is 2.16. The molecular weight excluding hydrogens is 370 g/mol. The minimum absolute atomic E-state index is 0.0476. The summed E-state index contributed by atoms with van der Waals surface area (Å²) in [5.41, 5.74) is 2.23. The first-order valence-electron chi connectivity index (χ1n) is 9.17. The van der Waals surface area contributed by atoms with Gasteiger partial charge in [-0.3, -0.25) is 14.9 Å². The van der Waals surface area contributed by atoms with Crippen molar-refractivity contribution >= 4 is 28.8 Å². The molecule has 0 spiro atoms. The molecule has 2 aromatic carbocycles. The summed E-state index contributed by atoms with van der Waals surface area (Å²) in [6.45, 7) is 2.58. The van der Waals surface area contributed by atoms with Gasteiger partial charge in [-0.15, -0.1) is 11.3 Å². The van der Waals surface area contributed by atoms with Crippen molar-refractivity contribution in [3.05, 3.63) is 88.1 Å². The zero-order valence-corrected chi connectivity index (χ0v) is 16.5. The van der Waals surface area contributed by atoms with Crippen molar-refractivity contribution in [3.63, 3.8) is 0 Å². The van der Waals surface area contributed by atoms with Crippen LogP contribution in [0.25, 0.3) is 0 Å². The van der Waals surface area contributed by atoms with E-state index in [-0.39, 0.29) is 24.4 Å². The van der Waals surface area contributed by atoms with Crippen molar-refractivity contribution in [2.24, 2.45) is 0 Å². The monoisotopic (exact) mass is 393 g/mol. The van der Waals surface area contributed by atoms with Crippen LogP contribution in [0.3, 0.4) is 0 Å². The van der Waals surface area contributed by atoms with Crippen LogP contribution < -0.4 is 16.0 Å². The van der Waals surface area contributed by atoms with Gasteiger partial charge in [-0.2, -0.15) is 0 Å². The molecule has 28 heavy (non-hydrogen) atoms.